The highest BCUT2D eigenvalue weighted by Crippen LogP contribution is 2.34. The number of nitrogens with zero attached hydrogens (tertiary/aromatic N) is 1. The lowest BCUT2D eigenvalue weighted by Gasteiger charge is -2.37. The monoisotopic (exact) mass is 197 g/mol. The Hall–Kier alpha value is -0.570. The Labute approximate surface area is 85.1 Å². The van der Waals surface area contributed by atoms with Crippen LogP contribution in [0.25, 0.3) is 0 Å². The van der Waals surface area contributed by atoms with Gasteiger partial charge in [0, 0.05) is 19.0 Å². The normalized spacial score (nSPS) is 21.8. The molecule has 0 aromatic carbocycles. The van der Waals surface area contributed by atoms with Gasteiger partial charge >= 0.3 is 0 Å². The van der Waals surface area contributed by atoms with E-state index in [1.54, 1.807) is 0 Å². The second-order valence-electron chi connectivity index (χ2n) is 4.54. The third kappa shape index (κ3) is 2.27. The molecule has 3 heteroatoms. The molecule has 0 radical (unpaired) electrons. The molecule has 0 saturated heterocycles. The molecule has 2 aliphatic carbocycles. The Morgan fingerprint density at radius 3 is 2.43 bits per heavy atom. The van der Waals surface area contributed by atoms with E-state index in [2.05, 4.69) is 0 Å². The fourth-order valence-corrected chi connectivity index (χ4v) is 2.00. The Morgan fingerprint density at radius 1 is 1.29 bits per heavy atom. The quantitative estimate of drug-likeness (QED) is 0.718. The molecule has 0 unspecified atom stereocenters. The van der Waals surface area contributed by atoms with Crippen LogP contribution < -0.4 is 0 Å². The minimum atomic E-state index is 0.104. The zero-order valence-corrected chi connectivity index (χ0v) is 8.61. The Balaban J connectivity index is 1.83. The number of amides is 1. The number of carbonyl (C=O) groups excluding carboxylic acids is 1. The first-order valence-corrected chi connectivity index (χ1v) is 5.71. The molecule has 1 amide bonds. The second kappa shape index (κ2) is 4.30. The van der Waals surface area contributed by atoms with Crippen molar-refractivity contribution in [3.8, 4) is 0 Å². The SMILES string of the molecule is O=C(CC1CC1)N(CCO)C1CCC1. The van der Waals surface area contributed by atoms with E-state index in [4.69, 9.17) is 5.11 Å². The Morgan fingerprint density at radius 2 is 2.00 bits per heavy atom. The summed E-state index contributed by atoms with van der Waals surface area (Å²) in [4.78, 5) is 13.7. The summed E-state index contributed by atoms with van der Waals surface area (Å²) < 4.78 is 0. The summed E-state index contributed by atoms with van der Waals surface area (Å²) in [5.41, 5.74) is 0. The van der Waals surface area contributed by atoms with Gasteiger partial charge in [-0.2, -0.15) is 0 Å². The molecule has 2 rings (SSSR count). The third-order valence-corrected chi connectivity index (χ3v) is 3.34. The van der Waals surface area contributed by atoms with Crippen LogP contribution in [0.5, 0.6) is 0 Å². The summed E-state index contributed by atoms with van der Waals surface area (Å²) >= 11 is 0. The van der Waals surface area contributed by atoms with Gasteiger partial charge in [0.1, 0.15) is 0 Å². The van der Waals surface area contributed by atoms with Gasteiger partial charge in [-0.05, 0) is 38.0 Å². The highest BCUT2D eigenvalue weighted by atomic mass is 16.3. The van der Waals surface area contributed by atoms with Crippen molar-refractivity contribution in [1.29, 1.82) is 0 Å². The van der Waals surface area contributed by atoms with Crippen LogP contribution in [0.4, 0.5) is 0 Å². The predicted octanol–water partition coefficient (Wildman–Crippen LogP) is 1.16. The van der Waals surface area contributed by atoms with E-state index in [1.807, 2.05) is 4.90 Å². The molecule has 0 atom stereocenters. The third-order valence-electron chi connectivity index (χ3n) is 3.34. The maximum Gasteiger partial charge on any atom is 0.223 e. The van der Waals surface area contributed by atoms with E-state index in [1.165, 1.54) is 19.3 Å². The number of hydrogen-bond donors (Lipinski definition) is 1. The molecule has 2 saturated carbocycles. The fraction of sp³-hybridized carbons (Fsp3) is 0.909. The Kier molecular flexibility index (Phi) is 3.06. The van der Waals surface area contributed by atoms with Crippen molar-refractivity contribution in [1.82, 2.24) is 4.90 Å². The molecule has 0 spiro atoms. The summed E-state index contributed by atoms with van der Waals surface area (Å²) in [7, 11) is 0. The first kappa shape index (κ1) is 9.97. The number of rotatable bonds is 5. The van der Waals surface area contributed by atoms with Crippen LogP contribution in [0.1, 0.15) is 38.5 Å². The number of aliphatic hydroxyl groups is 1. The van der Waals surface area contributed by atoms with Gasteiger partial charge in [-0.1, -0.05) is 0 Å². The van der Waals surface area contributed by atoms with Crippen LogP contribution in [0.15, 0.2) is 0 Å². The van der Waals surface area contributed by atoms with Crippen LogP contribution >= 0.6 is 0 Å². The van der Waals surface area contributed by atoms with Gasteiger partial charge < -0.3 is 10.0 Å². The molecule has 1 N–H and O–H groups in total. The predicted molar refractivity (Wildman–Crippen MR) is 53.8 cm³/mol. The number of aliphatic hydroxyl groups excluding tert-OH is 1. The largest absolute Gasteiger partial charge is 0.395 e. The van der Waals surface area contributed by atoms with Crippen molar-refractivity contribution in [2.24, 2.45) is 5.92 Å². The molecule has 0 aromatic rings. The molecule has 0 aliphatic heterocycles. The average molecular weight is 197 g/mol. The minimum Gasteiger partial charge on any atom is -0.395 e. The molecule has 0 bridgehead atoms. The molecule has 3 nitrogen and oxygen atoms in total. The van der Waals surface area contributed by atoms with Crippen molar-refractivity contribution >= 4 is 5.91 Å². The van der Waals surface area contributed by atoms with Gasteiger partial charge in [-0.3, -0.25) is 4.79 Å². The van der Waals surface area contributed by atoms with Crippen LogP contribution in [-0.2, 0) is 4.79 Å². The molecule has 0 heterocycles. The smallest absolute Gasteiger partial charge is 0.223 e. The average Bonchev–Trinajstić information content (AvgIpc) is 2.84. The maximum atomic E-state index is 11.8. The Bertz CT molecular complexity index is 209. The molecule has 80 valence electrons. The van der Waals surface area contributed by atoms with Gasteiger partial charge in [0.15, 0.2) is 0 Å². The lowest BCUT2D eigenvalue weighted by Crippen LogP contribution is -2.45. The fourth-order valence-electron chi connectivity index (χ4n) is 2.00. The van der Waals surface area contributed by atoms with Crippen molar-refractivity contribution in [3.63, 3.8) is 0 Å². The lowest BCUT2D eigenvalue weighted by molar-refractivity contribution is -0.136. The van der Waals surface area contributed by atoms with Gasteiger partial charge in [0.05, 0.1) is 6.61 Å². The molecule has 2 fully saturated rings. The molecule has 2 aliphatic rings. The summed E-state index contributed by atoms with van der Waals surface area (Å²) in [5, 5.41) is 8.91. The summed E-state index contributed by atoms with van der Waals surface area (Å²) in [6.07, 6.45) is 6.68. The van der Waals surface area contributed by atoms with Gasteiger partial charge in [0.25, 0.3) is 0 Å². The van der Waals surface area contributed by atoms with E-state index < -0.39 is 0 Å². The van der Waals surface area contributed by atoms with Crippen LogP contribution in [0, 0.1) is 5.92 Å². The van der Waals surface area contributed by atoms with Crippen molar-refractivity contribution < 1.29 is 9.90 Å². The second-order valence-corrected chi connectivity index (χ2v) is 4.54. The van der Waals surface area contributed by atoms with Crippen molar-refractivity contribution in [3.05, 3.63) is 0 Å². The highest BCUT2D eigenvalue weighted by molar-refractivity contribution is 5.77. The molecular weight excluding hydrogens is 178 g/mol. The topological polar surface area (TPSA) is 40.5 Å². The molecular formula is C11H19NO2. The van der Waals surface area contributed by atoms with Crippen LogP contribution in [-0.4, -0.2) is 35.1 Å². The zero-order chi connectivity index (χ0) is 9.97. The molecule has 14 heavy (non-hydrogen) atoms. The highest BCUT2D eigenvalue weighted by Gasteiger charge is 2.32. The summed E-state index contributed by atoms with van der Waals surface area (Å²) in [6, 6.07) is 0.438. The summed E-state index contributed by atoms with van der Waals surface area (Å²) in [5.74, 6) is 0.926. The van der Waals surface area contributed by atoms with Crippen molar-refractivity contribution in [2.45, 2.75) is 44.6 Å². The van der Waals surface area contributed by atoms with E-state index in [0.29, 0.717) is 18.5 Å². The van der Waals surface area contributed by atoms with Crippen LogP contribution in [0.3, 0.4) is 0 Å². The van der Waals surface area contributed by atoms with Gasteiger partial charge in [-0.15, -0.1) is 0 Å². The lowest BCUT2D eigenvalue weighted by atomic mass is 9.91. The maximum absolute atomic E-state index is 11.8. The summed E-state index contributed by atoms with van der Waals surface area (Å²) in [6.45, 7) is 0.642. The van der Waals surface area contributed by atoms with Gasteiger partial charge in [-0.25, -0.2) is 0 Å². The van der Waals surface area contributed by atoms with E-state index in [-0.39, 0.29) is 12.5 Å². The zero-order valence-electron chi connectivity index (χ0n) is 8.61. The van der Waals surface area contributed by atoms with E-state index in [9.17, 15) is 4.79 Å². The standard InChI is InChI=1S/C11H19NO2/c13-7-6-12(10-2-1-3-10)11(14)8-9-4-5-9/h9-10,13H,1-8H2. The first-order valence-electron chi connectivity index (χ1n) is 5.71. The van der Waals surface area contributed by atoms with Gasteiger partial charge in [0.2, 0.25) is 5.91 Å². The van der Waals surface area contributed by atoms with Crippen LogP contribution in [0.2, 0.25) is 0 Å². The molecule has 0 aromatic heterocycles. The number of carbonyl (C=O) groups is 1. The van der Waals surface area contributed by atoms with Crippen molar-refractivity contribution in [2.75, 3.05) is 13.2 Å². The minimum absolute atomic E-state index is 0.104. The first-order chi connectivity index (χ1) is 6.81. The van der Waals surface area contributed by atoms with E-state index in [0.717, 1.165) is 19.3 Å². The van der Waals surface area contributed by atoms with E-state index >= 15 is 0 Å². The number of hydrogen-bond acceptors (Lipinski definition) is 2.